The highest BCUT2D eigenvalue weighted by Gasteiger charge is 2.15. The molecule has 16 heavy (non-hydrogen) atoms. The van der Waals surface area contributed by atoms with Gasteiger partial charge in [-0.1, -0.05) is 13.8 Å². The molecule has 0 aromatic heterocycles. The van der Waals surface area contributed by atoms with Crippen molar-refractivity contribution in [3.63, 3.8) is 0 Å². The van der Waals surface area contributed by atoms with Gasteiger partial charge in [-0.25, -0.2) is 0 Å². The number of rotatable bonds is 8. The van der Waals surface area contributed by atoms with Crippen molar-refractivity contribution in [1.29, 1.82) is 0 Å². The zero-order valence-electron chi connectivity index (χ0n) is 11.1. The molecular formula is C12H25NO3. The fraction of sp³-hybridized carbons (Fsp3) is 0.917. The molecule has 0 amide bonds. The first kappa shape index (κ1) is 15.4. The van der Waals surface area contributed by atoms with Crippen molar-refractivity contribution in [2.24, 2.45) is 5.92 Å². The standard InChI is InChI=1S/C12H25NO3/c1-6-15-8-11(9(2)3)13-7-12(14)16-10(4)5/h9-11,13H,6-8H2,1-5H3. The third-order valence-corrected chi connectivity index (χ3v) is 2.18. The van der Waals surface area contributed by atoms with E-state index in [4.69, 9.17) is 9.47 Å². The van der Waals surface area contributed by atoms with Crippen LogP contribution in [0, 0.1) is 5.92 Å². The van der Waals surface area contributed by atoms with Crippen LogP contribution in [0.4, 0.5) is 0 Å². The summed E-state index contributed by atoms with van der Waals surface area (Å²) in [5, 5.41) is 3.16. The van der Waals surface area contributed by atoms with Crippen molar-refractivity contribution in [2.45, 2.75) is 46.8 Å². The second kappa shape index (κ2) is 8.53. The van der Waals surface area contributed by atoms with Crippen molar-refractivity contribution in [2.75, 3.05) is 19.8 Å². The molecule has 0 aliphatic heterocycles. The molecule has 4 nitrogen and oxygen atoms in total. The molecule has 4 heteroatoms. The SMILES string of the molecule is CCOCC(NCC(=O)OC(C)C)C(C)C. The molecule has 0 aromatic rings. The van der Waals surface area contributed by atoms with Crippen molar-refractivity contribution in [3.8, 4) is 0 Å². The first-order valence-corrected chi connectivity index (χ1v) is 5.98. The van der Waals surface area contributed by atoms with Gasteiger partial charge in [0, 0.05) is 12.6 Å². The predicted octanol–water partition coefficient (Wildman–Crippen LogP) is 1.59. The number of esters is 1. The Balaban J connectivity index is 3.87. The normalized spacial score (nSPS) is 13.2. The van der Waals surface area contributed by atoms with Gasteiger partial charge in [-0.15, -0.1) is 0 Å². The lowest BCUT2D eigenvalue weighted by molar-refractivity contribution is -0.146. The van der Waals surface area contributed by atoms with Gasteiger partial charge in [0.05, 0.1) is 19.3 Å². The van der Waals surface area contributed by atoms with Crippen LogP contribution in [0.25, 0.3) is 0 Å². The number of carbonyl (C=O) groups excluding carboxylic acids is 1. The number of nitrogens with one attached hydrogen (secondary N) is 1. The summed E-state index contributed by atoms with van der Waals surface area (Å²) in [5.74, 6) is 0.218. The van der Waals surface area contributed by atoms with Gasteiger partial charge in [0.15, 0.2) is 0 Å². The lowest BCUT2D eigenvalue weighted by Gasteiger charge is -2.21. The summed E-state index contributed by atoms with van der Waals surface area (Å²) < 4.78 is 10.4. The van der Waals surface area contributed by atoms with E-state index in [1.165, 1.54) is 0 Å². The molecule has 1 unspecified atom stereocenters. The molecule has 96 valence electrons. The van der Waals surface area contributed by atoms with E-state index >= 15 is 0 Å². The highest BCUT2D eigenvalue weighted by atomic mass is 16.5. The summed E-state index contributed by atoms with van der Waals surface area (Å²) >= 11 is 0. The van der Waals surface area contributed by atoms with Crippen molar-refractivity contribution >= 4 is 5.97 Å². The average molecular weight is 231 g/mol. The zero-order chi connectivity index (χ0) is 12.6. The van der Waals surface area contributed by atoms with Crippen LogP contribution in [0.5, 0.6) is 0 Å². The Kier molecular flexibility index (Phi) is 8.21. The van der Waals surface area contributed by atoms with Crippen molar-refractivity contribution in [1.82, 2.24) is 5.32 Å². The van der Waals surface area contributed by atoms with E-state index in [0.717, 1.165) is 0 Å². The Bertz CT molecular complexity index is 193. The van der Waals surface area contributed by atoms with E-state index in [0.29, 0.717) is 19.1 Å². The minimum atomic E-state index is -0.211. The molecule has 0 aromatic carbocycles. The molecule has 0 spiro atoms. The van der Waals surface area contributed by atoms with E-state index in [-0.39, 0.29) is 24.7 Å². The lowest BCUT2D eigenvalue weighted by Crippen LogP contribution is -2.41. The Morgan fingerprint density at radius 3 is 2.31 bits per heavy atom. The van der Waals surface area contributed by atoms with Gasteiger partial charge in [0.2, 0.25) is 0 Å². The van der Waals surface area contributed by atoms with Crippen molar-refractivity contribution in [3.05, 3.63) is 0 Å². The molecule has 0 heterocycles. The molecule has 1 N–H and O–H groups in total. The van der Waals surface area contributed by atoms with Crippen LogP contribution in [0.15, 0.2) is 0 Å². The first-order valence-electron chi connectivity index (χ1n) is 5.98. The third-order valence-electron chi connectivity index (χ3n) is 2.18. The summed E-state index contributed by atoms with van der Waals surface area (Å²) in [6.45, 7) is 11.4. The minimum Gasteiger partial charge on any atom is -0.462 e. The Morgan fingerprint density at radius 2 is 1.88 bits per heavy atom. The Labute approximate surface area is 98.7 Å². The van der Waals surface area contributed by atoms with Gasteiger partial charge in [-0.3, -0.25) is 4.79 Å². The Morgan fingerprint density at radius 1 is 1.25 bits per heavy atom. The Hall–Kier alpha value is -0.610. The third kappa shape index (κ3) is 7.65. The smallest absolute Gasteiger partial charge is 0.320 e. The molecule has 0 aliphatic rings. The maximum Gasteiger partial charge on any atom is 0.320 e. The van der Waals surface area contributed by atoms with Gasteiger partial charge >= 0.3 is 5.97 Å². The van der Waals surface area contributed by atoms with Crippen LogP contribution >= 0.6 is 0 Å². The summed E-state index contributed by atoms with van der Waals surface area (Å²) in [5.41, 5.74) is 0. The average Bonchev–Trinajstić information content (AvgIpc) is 2.16. The largest absolute Gasteiger partial charge is 0.462 e. The number of hydrogen-bond donors (Lipinski definition) is 1. The van der Waals surface area contributed by atoms with Gasteiger partial charge in [0.25, 0.3) is 0 Å². The first-order chi connectivity index (χ1) is 7.47. The van der Waals surface area contributed by atoms with Crippen LogP contribution in [0.3, 0.4) is 0 Å². The van der Waals surface area contributed by atoms with E-state index in [1.54, 1.807) is 0 Å². The second-order valence-electron chi connectivity index (χ2n) is 4.43. The fourth-order valence-corrected chi connectivity index (χ4v) is 1.25. The quantitative estimate of drug-likeness (QED) is 0.644. The summed E-state index contributed by atoms with van der Waals surface area (Å²) in [4.78, 5) is 11.3. The van der Waals surface area contributed by atoms with E-state index in [2.05, 4.69) is 19.2 Å². The number of carbonyl (C=O) groups is 1. The predicted molar refractivity (Wildman–Crippen MR) is 64.3 cm³/mol. The molecule has 0 bridgehead atoms. The van der Waals surface area contributed by atoms with E-state index in [9.17, 15) is 4.79 Å². The summed E-state index contributed by atoms with van der Waals surface area (Å²) in [6.07, 6.45) is -0.0568. The lowest BCUT2D eigenvalue weighted by atomic mass is 10.1. The fourth-order valence-electron chi connectivity index (χ4n) is 1.25. The molecule has 0 aliphatic carbocycles. The molecule has 0 fully saturated rings. The van der Waals surface area contributed by atoms with Crippen molar-refractivity contribution < 1.29 is 14.3 Å². The number of hydrogen-bond acceptors (Lipinski definition) is 4. The van der Waals surface area contributed by atoms with Gasteiger partial charge in [-0.05, 0) is 26.7 Å². The molecule has 0 saturated carbocycles. The maximum atomic E-state index is 11.3. The van der Waals surface area contributed by atoms with Gasteiger partial charge < -0.3 is 14.8 Å². The highest BCUT2D eigenvalue weighted by Crippen LogP contribution is 2.02. The molecule has 1 atom stereocenters. The maximum absolute atomic E-state index is 11.3. The molecule has 0 rings (SSSR count). The van der Waals surface area contributed by atoms with Gasteiger partial charge in [0.1, 0.15) is 0 Å². The van der Waals surface area contributed by atoms with E-state index in [1.807, 2.05) is 20.8 Å². The van der Waals surface area contributed by atoms with Crippen LogP contribution < -0.4 is 5.32 Å². The molecule has 0 saturated heterocycles. The van der Waals surface area contributed by atoms with Crippen LogP contribution in [-0.2, 0) is 14.3 Å². The van der Waals surface area contributed by atoms with Gasteiger partial charge in [-0.2, -0.15) is 0 Å². The summed E-state index contributed by atoms with van der Waals surface area (Å²) in [7, 11) is 0. The van der Waals surface area contributed by atoms with Crippen LogP contribution in [0.2, 0.25) is 0 Å². The monoisotopic (exact) mass is 231 g/mol. The molecule has 0 radical (unpaired) electrons. The molecular weight excluding hydrogens is 206 g/mol. The topological polar surface area (TPSA) is 47.6 Å². The van der Waals surface area contributed by atoms with E-state index < -0.39 is 0 Å². The highest BCUT2D eigenvalue weighted by molar-refractivity contribution is 5.71. The zero-order valence-corrected chi connectivity index (χ0v) is 11.1. The van der Waals surface area contributed by atoms with Crippen LogP contribution in [0.1, 0.15) is 34.6 Å². The summed E-state index contributed by atoms with van der Waals surface area (Å²) in [6, 6.07) is 0.194. The minimum absolute atomic E-state index is 0.0568. The second-order valence-corrected chi connectivity index (χ2v) is 4.43. The number of ether oxygens (including phenoxy) is 2. The van der Waals surface area contributed by atoms with Crippen LogP contribution in [-0.4, -0.2) is 37.9 Å².